The number of nitrogens with zero attached hydrogens (tertiary/aromatic N) is 1. The van der Waals surface area contributed by atoms with E-state index in [9.17, 15) is 0 Å². The van der Waals surface area contributed by atoms with Gasteiger partial charge in [-0.25, -0.2) is 0 Å². The standard InChI is InChI=1S/C12H17IN2O2/c1-3-5-17-12-10(13)6-9(8-15-14)7-11(12)16-4-2/h6-8H,3-5,14H2,1-2H3. The first-order valence-corrected chi connectivity index (χ1v) is 6.63. The summed E-state index contributed by atoms with van der Waals surface area (Å²) in [6.45, 7) is 5.30. The van der Waals surface area contributed by atoms with E-state index in [0.29, 0.717) is 13.2 Å². The second-order valence-corrected chi connectivity index (χ2v) is 4.55. The smallest absolute Gasteiger partial charge is 0.174 e. The molecular formula is C12H17IN2O2. The lowest BCUT2D eigenvalue weighted by Gasteiger charge is -2.14. The molecule has 5 heteroatoms. The number of hydrazone groups is 1. The summed E-state index contributed by atoms with van der Waals surface area (Å²) < 4.78 is 12.3. The normalized spacial score (nSPS) is 10.8. The van der Waals surface area contributed by atoms with Crippen molar-refractivity contribution in [3.05, 3.63) is 21.3 Å². The van der Waals surface area contributed by atoms with Gasteiger partial charge >= 0.3 is 0 Å². The van der Waals surface area contributed by atoms with Gasteiger partial charge in [0.1, 0.15) is 0 Å². The molecule has 0 aromatic heterocycles. The zero-order chi connectivity index (χ0) is 12.7. The maximum atomic E-state index is 5.69. The fourth-order valence-electron chi connectivity index (χ4n) is 1.36. The number of halogens is 1. The van der Waals surface area contributed by atoms with Gasteiger partial charge in [0.05, 0.1) is 23.0 Å². The van der Waals surface area contributed by atoms with Crippen LogP contribution in [0.1, 0.15) is 25.8 Å². The largest absolute Gasteiger partial charge is 0.490 e. The van der Waals surface area contributed by atoms with E-state index >= 15 is 0 Å². The van der Waals surface area contributed by atoms with Crippen LogP contribution in [0.2, 0.25) is 0 Å². The van der Waals surface area contributed by atoms with Crippen molar-refractivity contribution >= 4 is 28.8 Å². The van der Waals surface area contributed by atoms with Gasteiger partial charge in [-0.1, -0.05) is 6.92 Å². The summed E-state index contributed by atoms with van der Waals surface area (Å²) in [6.07, 6.45) is 2.56. The second-order valence-electron chi connectivity index (χ2n) is 3.39. The van der Waals surface area contributed by atoms with E-state index in [-0.39, 0.29) is 0 Å². The molecule has 4 nitrogen and oxygen atoms in total. The number of hydrogen-bond donors (Lipinski definition) is 1. The molecule has 0 heterocycles. The zero-order valence-corrected chi connectivity index (χ0v) is 12.2. The van der Waals surface area contributed by atoms with Crippen molar-refractivity contribution in [3.8, 4) is 11.5 Å². The molecule has 0 aliphatic carbocycles. The summed E-state index contributed by atoms with van der Waals surface area (Å²) in [6, 6.07) is 3.84. The molecule has 17 heavy (non-hydrogen) atoms. The molecule has 0 aliphatic rings. The van der Waals surface area contributed by atoms with E-state index in [1.165, 1.54) is 0 Å². The summed E-state index contributed by atoms with van der Waals surface area (Å²) in [5.74, 6) is 6.68. The molecule has 0 aliphatic heterocycles. The van der Waals surface area contributed by atoms with Crippen LogP contribution in [0.3, 0.4) is 0 Å². The highest BCUT2D eigenvalue weighted by Gasteiger charge is 2.11. The third-order valence-electron chi connectivity index (χ3n) is 2.01. The molecule has 1 rings (SSSR count). The van der Waals surface area contributed by atoms with Gasteiger partial charge in [-0.2, -0.15) is 5.10 Å². The minimum atomic E-state index is 0.599. The summed E-state index contributed by atoms with van der Waals surface area (Å²) in [7, 11) is 0. The lowest BCUT2D eigenvalue weighted by atomic mass is 10.2. The molecule has 0 spiro atoms. The Morgan fingerprint density at radius 3 is 2.71 bits per heavy atom. The molecule has 0 bridgehead atoms. The van der Waals surface area contributed by atoms with Crippen LogP contribution < -0.4 is 15.3 Å². The van der Waals surface area contributed by atoms with Gasteiger partial charge < -0.3 is 15.3 Å². The van der Waals surface area contributed by atoms with Crippen LogP contribution in [0, 0.1) is 3.57 Å². The third-order valence-corrected chi connectivity index (χ3v) is 2.81. The average Bonchev–Trinajstić information content (AvgIpc) is 2.29. The quantitative estimate of drug-likeness (QED) is 0.372. The molecule has 0 saturated carbocycles. The van der Waals surface area contributed by atoms with Crippen molar-refractivity contribution in [1.82, 2.24) is 0 Å². The Morgan fingerprint density at radius 1 is 1.35 bits per heavy atom. The molecule has 0 fully saturated rings. The van der Waals surface area contributed by atoms with Crippen LogP contribution in [0.15, 0.2) is 17.2 Å². The zero-order valence-electron chi connectivity index (χ0n) is 10.1. The first kappa shape index (κ1) is 14.1. The summed E-state index contributed by atoms with van der Waals surface area (Å²) in [5, 5.41) is 3.52. The van der Waals surface area contributed by atoms with Crippen molar-refractivity contribution in [3.63, 3.8) is 0 Å². The first-order valence-electron chi connectivity index (χ1n) is 5.55. The van der Waals surface area contributed by atoms with Crippen molar-refractivity contribution in [1.29, 1.82) is 0 Å². The van der Waals surface area contributed by atoms with E-state index in [2.05, 4.69) is 34.6 Å². The molecule has 1 aromatic carbocycles. The number of rotatable bonds is 6. The van der Waals surface area contributed by atoms with E-state index in [0.717, 1.165) is 27.1 Å². The predicted molar refractivity (Wildman–Crippen MR) is 77.9 cm³/mol. The molecule has 2 N–H and O–H groups in total. The van der Waals surface area contributed by atoms with E-state index < -0.39 is 0 Å². The fraction of sp³-hybridized carbons (Fsp3) is 0.417. The van der Waals surface area contributed by atoms with Crippen LogP contribution in [-0.2, 0) is 0 Å². The second kappa shape index (κ2) is 7.37. The van der Waals surface area contributed by atoms with Gasteiger partial charge in [0, 0.05) is 0 Å². The first-order chi connectivity index (χ1) is 8.22. The Kier molecular flexibility index (Phi) is 6.10. The molecule has 0 atom stereocenters. The van der Waals surface area contributed by atoms with Crippen LogP contribution in [0.4, 0.5) is 0 Å². The highest BCUT2D eigenvalue weighted by Crippen LogP contribution is 2.33. The third kappa shape index (κ3) is 4.07. The fourth-order valence-corrected chi connectivity index (χ4v) is 2.14. The lowest BCUT2D eigenvalue weighted by Crippen LogP contribution is -2.03. The monoisotopic (exact) mass is 348 g/mol. The highest BCUT2D eigenvalue weighted by atomic mass is 127. The van der Waals surface area contributed by atoms with Gasteiger partial charge in [-0.05, 0) is 53.6 Å². The molecule has 94 valence electrons. The van der Waals surface area contributed by atoms with Gasteiger partial charge in [0.25, 0.3) is 0 Å². The minimum Gasteiger partial charge on any atom is -0.490 e. The van der Waals surface area contributed by atoms with Crippen LogP contribution in [0.5, 0.6) is 11.5 Å². The summed E-state index contributed by atoms with van der Waals surface area (Å²) >= 11 is 2.22. The van der Waals surface area contributed by atoms with Gasteiger partial charge in [-0.3, -0.25) is 0 Å². The number of ether oxygens (including phenoxy) is 2. The highest BCUT2D eigenvalue weighted by molar-refractivity contribution is 14.1. The Balaban J connectivity index is 3.08. The molecular weight excluding hydrogens is 331 g/mol. The van der Waals surface area contributed by atoms with Gasteiger partial charge in [0.2, 0.25) is 0 Å². The van der Waals surface area contributed by atoms with Crippen LogP contribution in [0.25, 0.3) is 0 Å². The van der Waals surface area contributed by atoms with Crippen LogP contribution in [-0.4, -0.2) is 19.4 Å². The Hall–Kier alpha value is -0.980. The summed E-state index contributed by atoms with van der Waals surface area (Å²) in [5.41, 5.74) is 0.907. The maximum absolute atomic E-state index is 5.69. The molecule has 0 radical (unpaired) electrons. The van der Waals surface area contributed by atoms with Crippen molar-refractivity contribution in [2.45, 2.75) is 20.3 Å². The van der Waals surface area contributed by atoms with Crippen LogP contribution >= 0.6 is 22.6 Å². The van der Waals surface area contributed by atoms with E-state index in [4.69, 9.17) is 15.3 Å². The molecule has 0 amide bonds. The van der Waals surface area contributed by atoms with Crippen molar-refractivity contribution in [2.24, 2.45) is 10.9 Å². The Bertz CT molecular complexity index is 394. The van der Waals surface area contributed by atoms with Gasteiger partial charge in [-0.15, -0.1) is 0 Å². The van der Waals surface area contributed by atoms with Crippen molar-refractivity contribution in [2.75, 3.05) is 13.2 Å². The SMILES string of the molecule is CCCOc1c(I)cc(C=NN)cc1OCC. The number of nitrogens with two attached hydrogens (primary N) is 1. The number of benzene rings is 1. The van der Waals surface area contributed by atoms with Crippen molar-refractivity contribution < 1.29 is 9.47 Å². The molecule has 0 saturated heterocycles. The molecule has 0 unspecified atom stereocenters. The molecule has 1 aromatic rings. The summed E-state index contributed by atoms with van der Waals surface area (Å²) in [4.78, 5) is 0. The average molecular weight is 348 g/mol. The predicted octanol–water partition coefficient (Wildman–Crippen LogP) is 2.77. The Morgan fingerprint density at radius 2 is 2.12 bits per heavy atom. The lowest BCUT2D eigenvalue weighted by molar-refractivity contribution is 0.275. The van der Waals surface area contributed by atoms with Gasteiger partial charge in [0.15, 0.2) is 11.5 Å². The Labute approximate surface area is 115 Å². The topological polar surface area (TPSA) is 56.8 Å². The maximum Gasteiger partial charge on any atom is 0.174 e. The number of hydrogen-bond acceptors (Lipinski definition) is 4. The van der Waals surface area contributed by atoms with E-state index in [1.54, 1.807) is 6.21 Å². The van der Waals surface area contributed by atoms with E-state index in [1.807, 2.05) is 19.1 Å². The minimum absolute atomic E-state index is 0.599.